The molecule has 0 saturated heterocycles. The molecule has 0 fully saturated rings. The number of hydrogen-bond donors (Lipinski definition) is 0. The molecule has 86 valence electrons. The van der Waals surface area contributed by atoms with Gasteiger partial charge in [0.2, 0.25) is 0 Å². The number of anilines is 1. The van der Waals surface area contributed by atoms with E-state index < -0.39 is 0 Å². The van der Waals surface area contributed by atoms with Gasteiger partial charge in [0.05, 0.1) is 5.69 Å². The molecule has 0 N–H and O–H groups in total. The molecule has 2 aromatic rings. The van der Waals surface area contributed by atoms with E-state index in [1.54, 1.807) is 0 Å². The molecular formula is C15H15NO. The Morgan fingerprint density at radius 1 is 1.00 bits per heavy atom. The summed E-state index contributed by atoms with van der Waals surface area (Å²) in [6.45, 7) is 6.20. The van der Waals surface area contributed by atoms with E-state index in [1.807, 2.05) is 29.2 Å². The molecule has 2 nitrogen and oxygen atoms in total. The van der Waals surface area contributed by atoms with Crippen LogP contribution in [-0.4, -0.2) is 11.4 Å². The quantitative estimate of drug-likeness (QED) is 0.670. The van der Waals surface area contributed by atoms with Crippen LogP contribution >= 0.6 is 0 Å². The van der Waals surface area contributed by atoms with Crippen LogP contribution in [0.5, 0.6) is 0 Å². The predicted molar refractivity (Wildman–Crippen MR) is 70.5 cm³/mol. The maximum absolute atomic E-state index is 12.5. The third-order valence-corrected chi connectivity index (χ3v) is 3.23. The first-order chi connectivity index (χ1) is 8.00. The highest BCUT2D eigenvalue weighted by atomic mass is 16.2. The fourth-order valence-electron chi connectivity index (χ4n) is 2.58. The summed E-state index contributed by atoms with van der Waals surface area (Å²) in [5.74, 6) is 0.115. The van der Waals surface area contributed by atoms with Crippen molar-refractivity contribution in [1.82, 2.24) is 0 Å². The Morgan fingerprint density at radius 2 is 1.65 bits per heavy atom. The van der Waals surface area contributed by atoms with Gasteiger partial charge in [-0.2, -0.15) is 0 Å². The summed E-state index contributed by atoms with van der Waals surface area (Å²) in [5.41, 5.74) is 1.67. The molecule has 1 aliphatic heterocycles. The molecule has 0 spiro atoms. The molecule has 3 rings (SSSR count). The van der Waals surface area contributed by atoms with Gasteiger partial charge in [-0.3, -0.25) is 4.79 Å². The second kappa shape index (κ2) is 3.10. The largest absolute Gasteiger partial charge is 0.302 e. The van der Waals surface area contributed by atoms with Crippen molar-refractivity contribution in [3.8, 4) is 0 Å². The summed E-state index contributed by atoms with van der Waals surface area (Å²) < 4.78 is 0. The molecule has 0 radical (unpaired) electrons. The first-order valence-corrected chi connectivity index (χ1v) is 5.86. The number of amides is 1. The lowest BCUT2D eigenvalue weighted by atomic mass is 10.0. The van der Waals surface area contributed by atoms with Crippen molar-refractivity contribution < 1.29 is 4.79 Å². The summed E-state index contributed by atoms with van der Waals surface area (Å²) >= 11 is 0. The van der Waals surface area contributed by atoms with E-state index in [1.165, 1.54) is 0 Å². The van der Waals surface area contributed by atoms with E-state index in [4.69, 9.17) is 0 Å². The monoisotopic (exact) mass is 225 g/mol. The smallest absolute Gasteiger partial charge is 0.259 e. The van der Waals surface area contributed by atoms with Crippen LogP contribution in [0, 0.1) is 0 Å². The number of benzene rings is 2. The molecule has 2 aromatic carbocycles. The predicted octanol–water partition coefficient (Wildman–Crippen LogP) is 3.60. The summed E-state index contributed by atoms with van der Waals surface area (Å²) in [6, 6.07) is 12.0. The molecule has 1 amide bonds. The van der Waals surface area contributed by atoms with Crippen LogP contribution in [0.2, 0.25) is 0 Å². The summed E-state index contributed by atoms with van der Waals surface area (Å²) in [4.78, 5) is 14.3. The second-order valence-electron chi connectivity index (χ2n) is 5.49. The van der Waals surface area contributed by atoms with Crippen LogP contribution in [0.3, 0.4) is 0 Å². The van der Waals surface area contributed by atoms with Gasteiger partial charge in [0, 0.05) is 16.5 Å². The fourth-order valence-corrected chi connectivity index (χ4v) is 2.58. The lowest BCUT2D eigenvalue weighted by Crippen LogP contribution is -2.43. The average molecular weight is 225 g/mol. The van der Waals surface area contributed by atoms with Crippen LogP contribution in [0.15, 0.2) is 36.4 Å². The Bertz CT molecular complexity index is 617. The van der Waals surface area contributed by atoms with Gasteiger partial charge in [-0.05, 0) is 38.3 Å². The average Bonchev–Trinajstić information content (AvgIpc) is 2.54. The minimum Gasteiger partial charge on any atom is -0.302 e. The number of rotatable bonds is 0. The second-order valence-corrected chi connectivity index (χ2v) is 5.49. The maximum atomic E-state index is 12.5. The van der Waals surface area contributed by atoms with Crippen molar-refractivity contribution in [2.75, 3.05) is 4.90 Å². The molecule has 2 heteroatoms. The number of nitrogens with zero attached hydrogens (tertiary/aromatic N) is 1. The van der Waals surface area contributed by atoms with Crippen molar-refractivity contribution in [1.29, 1.82) is 0 Å². The minimum absolute atomic E-state index is 0.115. The van der Waals surface area contributed by atoms with E-state index in [-0.39, 0.29) is 11.4 Å². The van der Waals surface area contributed by atoms with Gasteiger partial charge in [-0.1, -0.05) is 24.3 Å². The summed E-state index contributed by atoms with van der Waals surface area (Å²) in [5, 5.41) is 2.23. The molecule has 0 atom stereocenters. The normalized spacial score (nSPS) is 14.8. The van der Waals surface area contributed by atoms with Crippen LogP contribution in [0.1, 0.15) is 31.1 Å². The van der Waals surface area contributed by atoms with Crippen LogP contribution in [-0.2, 0) is 0 Å². The molecule has 0 unspecified atom stereocenters. The van der Waals surface area contributed by atoms with Crippen LogP contribution in [0.4, 0.5) is 5.69 Å². The maximum Gasteiger partial charge on any atom is 0.259 e. The molecule has 0 bridgehead atoms. The summed E-state index contributed by atoms with van der Waals surface area (Å²) in [6.07, 6.45) is 0. The van der Waals surface area contributed by atoms with Gasteiger partial charge in [-0.25, -0.2) is 0 Å². The highest BCUT2D eigenvalue weighted by molar-refractivity contribution is 6.25. The van der Waals surface area contributed by atoms with Crippen molar-refractivity contribution in [3.05, 3.63) is 42.0 Å². The molecule has 1 heterocycles. The van der Waals surface area contributed by atoms with Crippen LogP contribution < -0.4 is 4.90 Å². The van der Waals surface area contributed by atoms with Gasteiger partial charge in [0.1, 0.15) is 0 Å². The van der Waals surface area contributed by atoms with Gasteiger partial charge in [0.15, 0.2) is 0 Å². The van der Waals surface area contributed by atoms with E-state index in [0.717, 1.165) is 22.0 Å². The molecule has 0 aromatic heterocycles. The first-order valence-electron chi connectivity index (χ1n) is 5.86. The van der Waals surface area contributed by atoms with Gasteiger partial charge in [0.25, 0.3) is 5.91 Å². The Balaban J connectivity index is 2.39. The number of carbonyl (C=O) groups excluding carboxylic acids is 1. The first kappa shape index (κ1) is 10.3. The number of carbonyl (C=O) groups is 1. The molecule has 17 heavy (non-hydrogen) atoms. The van der Waals surface area contributed by atoms with Crippen molar-refractivity contribution in [2.24, 2.45) is 0 Å². The Kier molecular flexibility index (Phi) is 1.88. The molecule has 1 aliphatic rings. The van der Waals surface area contributed by atoms with Crippen LogP contribution in [0.25, 0.3) is 10.8 Å². The van der Waals surface area contributed by atoms with Crippen molar-refractivity contribution >= 4 is 22.4 Å². The van der Waals surface area contributed by atoms with E-state index in [0.29, 0.717) is 0 Å². The third kappa shape index (κ3) is 1.30. The van der Waals surface area contributed by atoms with Crippen molar-refractivity contribution in [2.45, 2.75) is 26.3 Å². The minimum atomic E-state index is -0.190. The molecule has 0 aliphatic carbocycles. The zero-order valence-electron chi connectivity index (χ0n) is 10.3. The van der Waals surface area contributed by atoms with Gasteiger partial charge >= 0.3 is 0 Å². The highest BCUT2D eigenvalue weighted by Crippen LogP contribution is 2.40. The van der Waals surface area contributed by atoms with E-state index in [2.05, 4.69) is 32.9 Å². The standard InChI is InChI=1S/C15H15NO/c1-15(2,3)16-12-9-5-7-10-6-4-8-11(13(10)12)14(16)17/h4-9H,1-3H3. The topological polar surface area (TPSA) is 20.3 Å². The SMILES string of the molecule is CC(C)(C)N1C(=O)c2cccc3cccc1c23. The lowest BCUT2D eigenvalue weighted by Gasteiger charge is -2.32. The highest BCUT2D eigenvalue weighted by Gasteiger charge is 2.36. The third-order valence-electron chi connectivity index (χ3n) is 3.23. The zero-order chi connectivity index (χ0) is 12.2. The van der Waals surface area contributed by atoms with Crippen molar-refractivity contribution in [3.63, 3.8) is 0 Å². The van der Waals surface area contributed by atoms with Gasteiger partial charge in [-0.15, -0.1) is 0 Å². The lowest BCUT2D eigenvalue weighted by molar-refractivity contribution is 0.0973. The number of hydrogen-bond acceptors (Lipinski definition) is 1. The molecular weight excluding hydrogens is 210 g/mol. The van der Waals surface area contributed by atoms with E-state index >= 15 is 0 Å². The molecule has 0 saturated carbocycles. The zero-order valence-corrected chi connectivity index (χ0v) is 10.3. The Morgan fingerprint density at radius 3 is 2.29 bits per heavy atom. The summed E-state index contributed by atoms with van der Waals surface area (Å²) in [7, 11) is 0. The van der Waals surface area contributed by atoms with E-state index in [9.17, 15) is 4.79 Å². The fraction of sp³-hybridized carbons (Fsp3) is 0.267. The van der Waals surface area contributed by atoms with Gasteiger partial charge < -0.3 is 4.90 Å². The Hall–Kier alpha value is -1.83. The Labute approximate surface area is 101 Å².